The Balaban J connectivity index is 1.99. The third-order valence-corrected chi connectivity index (χ3v) is 2.80. The lowest BCUT2D eigenvalue weighted by atomic mass is 10.1. The van der Waals surface area contributed by atoms with Crippen LogP contribution >= 0.6 is 0 Å². The monoisotopic (exact) mass is 270 g/mol. The first-order chi connectivity index (χ1) is 9.69. The number of hydrogen-bond donors (Lipinski definition) is 2. The van der Waals surface area contributed by atoms with Crippen LogP contribution in [0.1, 0.15) is 12.5 Å². The SMILES string of the molecule is CCOc1ccc(NC(=O)Cc2ccccc2)cc1N. The van der Waals surface area contributed by atoms with Gasteiger partial charge in [-0.05, 0) is 30.7 Å². The summed E-state index contributed by atoms with van der Waals surface area (Å²) < 4.78 is 5.35. The smallest absolute Gasteiger partial charge is 0.228 e. The first-order valence-electron chi connectivity index (χ1n) is 6.55. The average Bonchev–Trinajstić information content (AvgIpc) is 2.43. The maximum atomic E-state index is 11.9. The zero-order valence-electron chi connectivity index (χ0n) is 11.4. The summed E-state index contributed by atoms with van der Waals surface area (Å²) in [4.78, 5) is 11.9. The van der Waals surface area contributed by atoms with Gasteiger partial charge in [0.05, 0.1) is 18.7 Å². The lowest BCUT2D eigenvalue weighted by Gasteiger charge is -2.10. The number of rotatable bonds is 5. The Hall–Kier alpha value is -2.49. The Bertz CT molecular complexity index is 582. The van der Waals surface area contributed by atoms with Crippen LogP contribution < -0.4 is 15.8 Å². The van der Waals surface area contributed by atoms with Crippen molar-refractivity contribution in [2.45, 2.75) is 13.3 Å². The summed E-state index contributed by atoms with van der Waals surface area (Å²) in [5.41, 5.74) is 8.03. The van der Waals surface area contributed by atoms with Gasteiger partial charge in [0.15, 0.2) is 0 Å². The molecule has 4 heteroatoms. The van der Waals surface area contributed by atoms with Crippen molar-refractivity contribution in [3.8, 4) is 5.75 Å². The van der Waals surface area contributed by atoms with E-state index < -0.39 is 0 Å². The van der Waals surface area contributed by atoms with Gasteiger partial charge in [0.2, 0.25) is 5.91 Å². The number of anilines is 2. The molecule has 104 valence electrons. The molecule has 0 fully saturated rings. The molecule has 0 bridgehead atoms. The molecule has 0 aliphatic carbocycles. The number of nitrogens with one attached hydrogen (secondary N) is 1. The third-order valence-electron chi connectivity index (χ3n) is 2.80. The zero-order valence-corrected chi connectivity index (χ0v) is 11.4. The molecule has 3 N–H and O–H groups in total. The van der Waals surface area contributed by atoms with E-state index in [1.165, 1.54) is 0 Å². The van der Waals surface area contributed by atoms with Crippen LogP contribution in [-0.4, -0.2) is 12.5 Å². The molecule has 0 aromatic heterocycles. The standard InChI is InChI=1S/C16H18N2O2/c1-2-20-15-9-8-13(11-14(15)17)18-16(19)10-12-6-4-3-5-7-12/h3-9,11H,2,10,17H2,1H3,(H,18,19). The Morgan fingerprint density at radius 1 is 1.20 bits per heavy atom. The maximum absolute atomic E-state index is 11.9. The predicted molar refractivity (Wildman–Crippen MR) is 80.8 cm³/mol. The molecule has 0 unspecified atom stereocenters. The summed E-state index contributed by atoms with van der Waals surface area (Å²) >= 11 is 0. The van der Waals surface area contributed by atoms with Crippen LogP contribution in [0.4, 0.5) is 11.4 Å². The quantitative estimate of drug-likeness (QED) is 0.821. The van der Waals surface area contributed by atoms with Crippen LogP contribution in [0.2, 0.25) is 0 Å². The van der Waals surface area contributed by atoms with E-state index in [1.807, 2.05) is 37.3 Å². The van der Waals surface area contributed by atoms with Gasteiger partial charge in [-0.1, -0.05) is 30.3 Å². The number of carbonyl (C=O) groups excluding carboxylic acids is 1. The van der Waals surface area contributed by atoms with Crippen LogP contribution in [0.3, 0.4) is 0 Å². The van der Waals surface area contributed by atoms with Crippen LogP contribution in [0, 0.1) is 0 Å². The Morgan fingerprint density at radius 2 is 1.95 bits per heavy atom. The molecule has 0 heterocycles. The van der Waals surface area contributed by atoms with Gasteiger partial charge in [-0.2, -0.15) is 0 Å². The molecule has 0 radical (unpaired) electrons. The molecule has 4 nitrogen and oxygen atoms in total. The molecule has 0 aliphatic rings. The van der Waals surface area contributed by atoms with E-state index in [1.54, 1.807) is 18.2 Å². The second kappa shape index (κ2) is 6.61. The maximum Gasteiger partial charge on any atom is 0.228 e. The Labute approximate surface area is 118 Å². The first kappa shape index (κ1) is 13.9. The second-order valence-electron chi connectivity index (χ2n) is 4.40. The van der Waals surface area contributed by atoms with Crippen molar-refractivity contribution in [1.82, 2.24) is 0 Å². The lowest BCUT2D eigenvalue weighted by molar-refractivity contribution is -0.115. The summed E-state index contributed by atoms with van der Waals surface area (Å²) in [6.45, 7) is 2.46. The van der Waals surface area contributed by atoms with E-state index >= 15 is 0 Å². The first-order valence-corrected chi connectivity index (χ1v) is 6.55. The number of hydrogen-bond acceptors (Lipinski definition) is 3. The van der Waals surface area contributed by atoms with Crippen molar-refractivity contribution in [3.05, 3.63) is 54.1 Å². The lowest BCUT2D eigenvalue weighted by Crippen LogP contribution is -2.14. The van der Waals surface area contributed by atoms with E-state index in [0.717, 1.165) is 5.56 Å². The molecule has 20 heavy (non-hydrogen) atoms. The van der Waals surface area contributed by atoms with Crippen LogP contribution in [0.5, 0.6) is 5.75 Å². The van der Waals surface area contributed by atoms with E-state index in [9.17, 15) is 4.79 Å². The van der Waals surface area contributed by atoms with Gasteiger partial charge in [0, 0.05) is 5.69 Å². The van der Waals surface area contributed by atoms with E-state index in [-0.39, 0.29) is 5.91 Å². The molecule has 2 aromatic carbocycles. The van der Waals surface area contributed by atoms with E-state index in [0.29, 0.717) is 30.2 Å². The third kappa shape index (κ3) is 3.75. The molecule has 0 saturated heterocycles. The van der Waals surface area contributed by atoms with Gasteiger partial charge in [0.1, 0.15) is 5.75 Å². The Morgan fingerprint density at radius 3 is 2.60 bits per heavy atom. The van der Waals surface area contributed by atoms with Gasteiger partial charge >= 0.3 is 0 Å². The molecule has 1 amide bonds. The minimum atomic E-state index is -0.0697. The number of nitrogens with two attached hydrogens (primary N) is 1. The number of benzene rings is 2. The van der Waals surface area contributed by atoms with Gasteiger partial charge in [-0.15, -0.1) is 0 Å². The summed E-state index contributed by atoms with van der Waals surface area (Å²) in [6, 6.07) is 14.8. The van der Waals surface area contributed by atoms with Gasteiger partial charge in [0.25, 0.3) is 0 Å². The minimum Gasteiger partial charge on any atom is -0.492 e. The highest BCUT2D eigenvalue weighted by Gasteiger charge is 2.06. The highest BCUT2D eigenvalue weighted by molar-refractivity contribution is 5.92. The molecular formula is C16H18N2O2. The normalized spacial score (nSPS) is 10.1. The molecule has 2 aromatic rings. The molecule has 0 aliphatic heterocycles. The topological polar surface area (TPSA) is 64.3 Å². The Kier molecular flexibility index (Phi) is 4.60. The number of carbonyl (C=O) groups is 1. The van der Waals surface area contributed by atoms with Crippen molar-refractivity contribution >= 4 is 17.3 Å². The largest absolute Gasteiger partial charge is 0.492 e. The van der Waals surface area contributed by atoms with Crippen LogP contribution in [0.25, 0.3) is 0 Å². The van der Waals surface area contributed by atoms with Gasteiger partial charge < -0.3 is 15.8 Å². The molecular weight excluding hydrogens is 252 g/mol. The number of ether oxygens (including phenoxy) is 1. The van der Waals surface area contributed by atoms with Crippen LogP contribution in [0.15, 0.2) is 48.5 Å². The molecule has 0 atom stereocenters. The van der Waals surface area contributed by atoms with Gasteiger partial charge in [-0.3, -0.25) is 4.79 Å². The van der Waals surface area contributed by atoms with Crippen LogP contribution in [-0.2, 0) is 11.2 Å². The fourth-order valence-corrected chi connectivity index (χ4v) is 1.90. The molecule has 0 saturated carbocycles. The summed E-state index contributed by atoms with van der Waals surface area (Å²) in [7, 11) is 0. The fraction of sp³-hybridized carbons (Fsp3) is 0.188. The zero-order chi connectivity index (χ0) is 14.4. The highest BCUT2D eigenvalue weighted by atomic mass is 16.5. The number of nitrogen functional groups attached to an aromatic ring is 1. The predicted octanol–water partition coefficient (Wildman–Crippen LogP) is 2.85. The summed E-state index contributed by atoms with van der Waals surface area (Å²) in [5.74, 6) is 0.563. The van der Waals surface area contributed by atoms with Crippen molar-refractivity contribution in [3.63, 3.8) is 0 Å². The van der Waals surface area contributed by atoms with Crippen molar-refractivity contribution in [2.24, 2.45) is 0 Å². The average molecular weight is 270 g/mol. The fourth-order valence-electron chi connectivity index (χ4n) is 1.90. The van der Waals surface area contributed by atoms with E-state index in [2.05, 4.69) is 5.32 Å². The molecule has 0 spiro atoms. The minimum absolute atomic E-state index is 0.0697. The van der Waals surface area contributed by atoms with E-state index in [4.69, 9.17) is 10.5 Å². The highest BCUT2D eigenvalue weighted by Crippen LogP contribution is 2.25. The van der Waals surface area contributed by atoms with Crippen molar-refractivity contribution < 1.29 is 9.53 Å². The second-order valence-corrected chi connectivity index (χ2v) is 4.40. The van der Waals surface area contributed by atoms with Crippen molar-refractivity contribution in [1.29, 1.82) is 0 Å². The van der Waals surface area contributed by atoms with Crippen molar-refractivity contribution in [2.75, 3.05) is 17.7 Å². The molecule has 2 rings (SSSR count). The van der Waals surface area contributed by atoms with Gasteiger partial charge in [-0.25, -0.2) is 0 Å². The number of amides is 1. The summed E-state index contributed by atoms with van der Waals surface area (Å²) in [6.07, 6.45) is 0.341. The summed E-state index contributed by atoms with van der Waals surface area (Å²) in [5, 5.41) is 2.83.